The zero-order valence-electron chi connectivity index (χ0n) is 16.4. The summed E-state index contributed by atoms with van der Waals surface area (Å²) in [6, 6.07) is 5.90. The minimum atomic E-state index is 0. The van der Waals surface area contributed by atoms with Crippen molar-refractivity contribution in [1.29, 1.82) is 0 Å². The van der Waals surface area contributed by atoms with E-state index in [2.05, 4.69) is 39.6 Å². The van der Waals surface area contributed by atoms with Gasteiger partial charge >= 0.3 is 0 Å². The van der Waals surface area contributed by atoms with Crippen molar-refractivity contribution >= 4 is 35.6 Å². The third-order valence-corrected chi connectivity index (χ3v) is 4.91. The van der Waals surface area contributed by atoms with E-state index in [-0.39, 0.29) is 24.0 Å². The Kier molecular flexibility index (Phi) is 9.26. The van der Waals surface area contributed by atoms with Gasteiger partial charge in [-0.05, 0) is 63.9 Å². The van der Waals surface area contributed by atoms with Gasteiger partial charge in [-0.3, -0.25) is 4.40 Å². The van der Waals surface area contributed by atoms with Crippen molar-refractivity contribution in [2.45, 2.75) is 39.7 Å². The van der Waals surface area contributed by atoms with Crippen molar-refractivity contribution in [3.63, 3.8) is 0 Å². The molecule has 3 rings (SSSR count). The summed E-state index contributed by atoms with van der Waals surface area (Å²) < 4.78 is 1.98. The summed E-state index contributed by atoms with van der Waals surface area (Å²) in [4.78, 5) is 7.27. The maximum atomic E-state index is 4.70. The van der Waals surface area contributed by atoms with Gasteiger partial charge in [-0.2, -0.15) is 0 Å². The predicted molar refractivity (Wildman–Crippen MR) is 121 cm³/mol. The van der Waals surface area contributed by atoms with Crippen LogP contribution < -0.4 is 10.6 Å². The van der Waals surface area contributed by atoms with Crippen molar-refractivity contribution < 1.29 is 0 Å². The number of aromatic nitrogens is 3. The van der Waals surface area contributed by atoms with E-state index in [0.29, 0.717) is 6.54 Å². The highest BCUT2D eigenvalue weighted by atomic mass is 127. The molecule has 3 heterocycles. The van der Waals surface area contributed by atoms with Crippen molar-refractivity contribution in [2.75, 3.05) is 32.7 Å². The number of guanidine groups is 1. The number of aliphatic imine (C=N–C) groups is 1. The van der Waals surface area contributed by atoms with Gasteiger partial charge in [0.15, 0.2) is 17.4 Å². The molecule has 2 aromatic rings. The molecule has 150 valence electrons. The van der Waals surface area contributed by atoms with E-state index in [4.69, 9.17) is 4.99 Å². The third kappa shape index (κ3) is 6.31. The van der Waals surface area contributed by atoms with Gasteiger partial charge in [-0.15, -0.1) is 34.2 Å². The lowest BCUT2D eigenvalue weighted by Crippen LogP contribution is -2.43. The molecule has 1 aliphatic heterocycles. The summed E-state index contributed by atoms with van der Waals surface area (Å²) in [5.74, 6) is 2.43. The maximum absolute atomic E-state index is 4.70. The van der Waals surface area contributed by atoms with Crippen LogP contribution in [0.25, 0.3) is 5.65 Å². The van der Waals surface area contributed by atoms with E-state index >= 15 is 0 Å². The Bertz CT molecular complexity index is 707. The lowest BCUT2D eigenvalue weighted by Gasteiger charge is -2.32. The number of piperidine rings is 1. The average Bonchev–Trinajstić information content (AvgIpc) is 3.09. The zero-order chi connectivity index (χ0) is 18.2. The Morgan fingerprint density at radius 2 is 2.00 bits per heavy atom. The van der Waals surface area contributed by atoms with Gasteiger partial charge in [-0.1, -0.05) is 13.0 Å². The Balaban J connectivity index is 0.00000261. The number of nitrogens with zero attached hydrogens (tertiary/aromatic N) is 5. The van der Waals surface area contributed by atoms with Gasteiger partial charge in [-0.25, -0.2) is 4.99 Å². The first-order chi connectivity index (χ1) is 12.8. The molecule has 0 bridgehead atoms. The lowest BCUT2D eigenvalue weighted by molar-refractivity contribution is 0.185. The van der Waals surface area contributed by atoms with Crippen LogP contribution in [0.1, 0.15) is 38.9 Å². The van der Waals surface area contributed by atoms with E-state index in [1.54, 1.807) is 0 Å². The summed E-state index contributed by atoms with van der Waals surface area (Å²) in [5, 5.41) is 15.3. The Morgan fingerprint density at radius 1 is 1.19 bits per heavy atom. The molecule has 8 heteroatoms. The smallest absolute Gasteiger partial charge is 0.191 e. The predicted octanol–water partition coefficient (Wildman–Crippen LogP) is 2.52. The summed E-state index contributed by atoms with van der Waals surface area (Å²) in [6.45, 7) is 10.4. The molecule has 0 radical (unpaired) electrons. The number of rotatable bonds is 7. The van der Waals surface area contributed by atoms with Crippen LogP contribution in [0, 0.1) is 5.92 Å². The number of halogens is 1. The van der Waals surface area contributed by atoms with Crippen molar-refractivity contribution in [3.05, 3.63) is 30.2 Å². The molecule has 0 amide bonds. The normalized spacial score (nSPS) is 16.3. The second-order valence-corrected chi connectivity index (χ2v) is 6.91. The van der Waals surface area contributed by atoms with Crippen molar-refractivity contribution in [1.82, 2.24) is 30.1 Å². The quantitative estimate of drug-likeness (QED) is 0.359. The molecular formula is C19H32IN7. The first-order valence-electron chi connectivity index (χ1n) is 9.83. The van der Waals surface area contributed by atoms with Gasteiger partial charge in [0.05, 0.1) is 0 Å². The molecule has 1 saturated heterocycles. The molecule has 1 aliphatic rings. The van der Waals surface area contributed by atoms with Gasteiger partial charge < -0.3 is 15.5 Å². The number of likely N-dealkylation sites (tertiary alicyclic amines) is 1. The van der Waals surface area contributed by atoms with Crippen LogP contribution in [-0.2, 0) is 6.54 Å². The van der Waals surface area contributed by atoms with Crippen molar-refractivity contribution in [3.8, 4) is 0 Å². The number of nitrogens with one attached hydrogen (secondary N) is 2. The van der Waals surface area contributed by atoms with E-state index in [9.17, 15) is 0 Å². The zero-order valence-corrected chi connectivity index (χ0v) is 18.7. The number of hydrogen-bond donors (Lipinski definition) is 2. The minimum Gasteiger partial charge on any atom is -0.357 e. The number of pyridine rings is 1. The lowest BCUT2D eigenvalue weighted by atomic mass is 9.97. The van der Waals surface area contributed by atoms with Crippen LogP contribution in [0.2, 0.25) is 0 Å². The van der Waals surface area contributed by atoms with Gasteiger partial charge in [0, 0.05) is 19.3 Å². The molecule has 1 fully saturated rings. The molecule has 0 aliphatic carbocycles. The topological polar surface area (TPSA) is 69.8 Å². The highest BCUT2D eigenvalue weighted by molar-refractivity contribution is 14.0. The van der Waals surface area contributed by atoms with Gasteiger partial charge in [0.2, 0.25) is 0 Å². The monoisotopic (exact) mass is 485 g/mol. The highest BCUT2D eigenvalue weighted by Crippen LogP contribution is 2.16. The van der Waals surface area contributed by atoms with Gasteiger partial charge in [0.1, 0.15) is 6.54 Å². The standard InChI is InChI=1S/C19H31N7.HI/c1-3-10-25-12-8-16(9-13-25)14-21-19(20-4-2)22-15-18-24-23-17-7-5-6-11-26(17)18;/h5-7,11,16H,3-4,8-10,12-15H2,1-2H3,(H2,20,21,22);1H. The molecule has 2 aromatic heterocycles. The molecule has 0 aromatic carbocycles. The SMILES string of the molecule is CCCN1CCC(CNC(=NCc2nnc3ccccn23)NCC)CC1.I. The fourth-order valence-electron chi connectivity index (χ4n) is 3.46. The highest BCUT2D eigenvalue weighted by Gasteiger charge is 2.18. The molecular weight excluding hydrogens is 453 g/mol. The van der Waals surface area contributed by atoms with Crippen LogP contribution in [0.4, 0.5) is 0 Å². The molecule has 2 N–H and O–H groups in total. The van der Waals surface area contributed by atoms with E-state index in [1.165, 1.54) is 38.9 Å². The fraction of sp³-hybridized carbons (Fsp3) is 0.632. The second-order valence-electron chi connectivity index (χ2n) is 6.91. The van der Waals surface area contributed by atoms with E-state index in [1.807, 2.05) is 28.8 Å². The summed E-state index contributed by atoms with van der Waals surface area (Å²) in [5.41, 5.74) is 0.856. The first-order valence-corrected chi connectivity index (χ1v) is 9.83. The molecule has 27 heavy (non-hydrogen) atoms. The molecule has 0 atom stereocenters. The van der Waals surface area contributed by atoms with Crippen LogP contribution in [0.15, 0.2) is 29.4 Å². The van der Waals surface area contributed by atoms with Crippen molar-refractivity contribution in [2.24, 2.45) is 10.9 Å². The van der Waals surface area contributed by atoms with Crippen LogP contribution in [0.3, 0.4) is 0 Å². The van der Waals surface area contributed by atoms with Crippen LogP contribution in [0.5, 0.6) is 0 Å². The second kappa shape index (κ2) is 11.4. The van der Waals surface area contributed by atoms with Gasteiger partial charge in [0.25, 0.3) is 0 Å². The number of fused-ring (bicyclic) bond motifs is 1. The Labute approximate surface area is 179 Å². The Morgan fingerprint density at radius 3 is 2.74 bits per heavy atom. The van der Waals surface area contributed by atoms with Crippen LogP contribution >= 0.6 is 24.0 Å². The summed E-state index contributed by atoms with van der Waals surface area (Å²) in [7, 11) is 0. The fourth-order valence-corrected chi connectivity index (χ4v) is 3.46. The molecule has 0 unspecified atom stereocenters. The number of hydrogen-bond acceptors (Lipinski definition) is 4. The Hall–Kier alpha value is -1.42. The molecule has 7 nitrogen and oxygen atoms in total. The summed E-state index contributed by atoms with van der Waals surface area (Å²) in [6.07, 6.45) is 5.75. The molecule has 0 spiro atoms. The van der Waals surface area contributed by atoms with Crippen LogP contribution in [-0.4, -0.2) is 58.2 Å². The average molecular weight is 485 g/mol. The largest absolute Gasteiger partial charge is 0.357 e. The molecule has 0 saturated carbocycles. The van der Waals surface area contributed by atoms with E-state index < -0.39 is 0 Å². The third-order valence-electron chi connectivity index (χ3n) is 4.91. The summed E-state index contributed by atoms with van der Waals surface area (Å²) >= 11 is 0. The maximum Gasteiger partial charge on any atom is 0.191 e. The van der Waals surface area contributed by atoms with E-state index in [0.717, 1.165) is 36.4 Å². The minimum absolute atomic E-state index is 0. The first kappa shape index (κ1) is 21.9.